The van der Waals surface area contributed by atoms with Crippen LogP contribution in [0.15, 0.2) is 0 Å². The molecule has 0 N–H and O–H groups in total. The second-order valence-electron chi connectivity index (χ2n) is 5.92. The van der Waals surface area contributed by atoms with E-state index in [9.17, 15) is 19.8 Å². The molecule has 0 saturated carbocycles. The Kier molecular flexibility index (Phi) is 24.6. The molecule has 2 amide bonds. The van der Waals surface area contributed by atoms with Crippen molar-refractivity contribution >= 4 is 12.2 Å². The van der Waals surface area contributed by atoms with Crippen LogP contribution in [0.1, 0.15) is 79.1 Å². The Hall–Kier alpha value is -0.837. The summed E-state index contributed by atoms with van der Waals surface area (Å²) in [7, 11) is 0. The van der Waals surface area contributed by atoms with Crippen LogP contribution in [0.3, 0.4) is 0 Å². The second-order valence-corrected chi connectivity index (χ2v) is 5.92. The molecule has 0 aromatic rings. The molecule has 6 nitrogen and oxygen atoms in total. The van der Waals surface area contributed by atoms with Gasteiger partial charge in [0, 0.05) is 26.2 Å². The largest absolute Gasteiger partial charge is 2.00 e. The standard InChI is InChI=1S/2C9H19NO2.Zn/c2*1-3-5-7-10(9(11)12)8-6-4-2;/h2*3-8H2,1-2H3,(H,11,12);/q;;+2/p-2. The van der Waals surface area contributed by atoms with Crippen molar-refractivity contribution in [1.82, 2.24) is 9.80 Å². The molecule has 0 spiro atoms. The zero-order valence-electron chi connectivity index (χ0n) is 16.7. The van der Waals surface area contributed by atoms with Crippen LogP contribution in [0, 0.1) is 0 Å². The van der Waals surface area contributed by atoms with E-state index in [2.05, 4.69) is 0 Å². The number of nitrogens with zero attached hydrogens (tertiary/aromatic N) is 2. The van der Waals surface area contributed by atoms with Crippen molar-refractivity contribution in [3.05, 3.63) is 0 Å². The van der Waals surface area contributed by atoms with E-state index in [1.807, 2.05) is 27.7 Å². The van der Waals surface area contributed by atoms with E-state index in [4.69, 9.17) is 0 Å². The molecule has 0 aromatic carbocycles. The average molecular weight is 410 g/mol. The molecule has 0 unspecified atom stereocenters. The van der Waals surface area contributed by atoms with Crippen molar-refractivity contribution in [2.24, 2.45) is 0 Å². The molecule has 0 saturated heterocycles. The van der Waals surface area contributed by atoms with Gasteiger partial charge in [-0.15, -0.1) is 0 Å². The van der Waals surface area contributed by atoms with Gasteiger partial charge < -0.3 is 29.6 Å². The summed E-state index contributed by atoms with van der Waals surface area (Å²) in [5.74, 6) is 0. The van der Waals surface area contributed by atoms with Gasteiger partial charge in [-0.3, -0.25) is 0 Å². The van der Waals surface area contributed by atoms with Crippen LogP contribution in [-0.4, -0.2) is 48.2 Å². The SMILES string of the molecule is CCCCN(CCCC)C(=O)[O-].CCCCN(CCCC)C(=O)[O-].[Zn+2]. The molecule has 0 heterocycles. The number of unbranched alkanes of at least 4 members (excludes halogenated alkanes) is 4. The van der Waals surface area contributed by atoms with E-state index < -0.39 is 12.2 Å². The number of carbonyl (C=O) groups is 2. The van der Waals surface area contributed by atoms with Crippen LogP contribution in [0.2, 0.25) is 0 Å². The number of hydrogen-bond acceptors (Lipinski definition) is 4. The van der Waals surface area contributed by atoms with E-state index in [1.165, 1.54) is 9.80 Å². The number of hydrogen-bond donors (Lipinski definition) is 0. The van der Waals surface area contributed by atoms with Crippen molar-refractivity contribution in [3.8, 4) is 0 Å². The summed E-state index contributed by atoms with van der Waals surface area (Å²) in [5, 5.41) is 21.1. The Morgan fingerprint density at radius 1 is 0.600 bits per heavy atom. The van der Waals surface area contributed by atoms with Gasteiger partial charge in [-0.25, -0.2) is 0 Å². The van der Waals surface area contributed by atoms with Crippen LogP contribution in [0.25, 0.3) is 0 Å². The molecule has 0 fully saturated rings. The van der Waals surface area contributed by atoms with Crippen molar-refractivity contribution in [2.45, 2.75) is 79.1 Å². The number of rotatable bonds is 12. The van der Waals surface area contributed by atoms with Gasteiger partial charge in [0.2, 0.25) is 0 Å². The number of carboxylic acid groups (broad SMARTS) is 2. The van der Waals surface area contributed by atoms with Gasteiger partial charge in [0.05, 0.1) is 0 Å². The molecular weight excluding hydrogens is 374 g/mol. The van der Waals surface area contributed by atoms with Crippen LogP contribution in [-0.2, 0) is 19.5 Å². The van der Waals surface area contributed by atoms with Gasteiger partial charge in [-0.05, 0) is 25.7 Å². The average Bonchev–Trinajstić information content (AvgIpc) is 2.55. The maximum Gasteiger partial charge on any atom is 2.00 e. The molecular formula is C18H36N2O4Zn. The summed E-state index contributed by atoms with van der Waals surface area (Å²) in [4.78, 5) is 23.8. The molecule has 0 aliphatic carbocycles. The van der Waals surface area contributed by atoms with Crippen molar-refractivity contribution in [1.29, 1.82) is 0 Å². The van der Waals surface area contributed by atoms with Crippen molar-refractivity contribution in [2.75, 3.05) is 26.2 Å². The minimum Gasteiger partial charge on any atom is -0.530 e. The summed E-state index contributed by atoms with van der Waals surface area (Å²) in [6.07, 6.45) is 5.75. The summed E-state index contributed by atoms with van der Waals surface area (Å²) in [6, 6.07) is 0. The van der Waals surface area contributed by atoms with Gasteiger partial charge >= 0.3 is 19.5 Å². The molecule has 0 radical (unpaired) electrons. The number of carbonyl (C=O) groups excluding carboxylic acids is 2. The van der Waals surface area contributed by atoms with E-state index in [-0.39, 0.29) is 19.5 Å². The fourth-order valence-corrected chi connectivity index (χ4v) is 1.98. The van der Waals surface area contributed by atoms with Gasteiger partial charge in [0.15, 0.2) is 0 Å². The Morgan fingerprint density at radius 3 is 0.920 bits per heavy atom. The molecule has 0 bridgehead atoms. The monoisotopic (exact) mass is 408 g/mol. The summed E-state index contributed by atoms with van der Waals surface area (Å²) >= 11 is 0. The summed E-state index contributed by atoms with van der Waals surface area (Å²) < 4.78 is 0. The topological polar surface area (TPSA) is 86.7 Å². The molecule has 0 aliphatic heterocycles. The van der Waals surface area contributed by atoms with Gasteiger partial charge in [0.25, 0.3) is 0 Å². The molecule has 7 heteroatoms. The molecule has 0 aliphatic rings. The molecule has 144 valence electrons. The zero-order valence-corrected chi connectivity index (χ0v) is 19.7. The first-order chi connectivity index (χ1) is 11.4. The third kappa shape index (κ3) is 19.3. The van der Waals surface area contributed by atoms with E-state index in [0.29, 0.717) is 26.2 Å². The van der Waals surface area contributed by atoms with Crippen molar-refractivity contribution < 1.29 is 39.3 Å². The molecule has 25 heavy (non-hydrogen) atoms. The maximum absolute atomic E-state index is 10.5. The minimum atomic E-state index is -1.03. The van der Waals surface area contributed by atoms with Gasteiger partial charge in [-0.1, -0.05) is 53.4 Å². The van der Waals surface area contributed by atoms with Gasteiger partial charge in [-0.2, -0.15) is 0 Å². The first-order valence-corrected chi connectivity index (χ1v) is 9.36. The first-order valence-electron chi connectivity index (χ1n) is 9.36. The fraction of sp³-hybridized carbons (Fsp3) is 0.889. The first kappa shape index (κ1) is 28.9. The van der Waals surface area contributed by atoms with E-state index in [0.717, 1.165) is 51.4 Å². The van der Waals surface area contributed by atoms with E-state index >= 15 is 0 Å². The van der Waals surface area contributed by atoms with Crippen LogP contribution in [0.4, 0.5) is 9.59 Å². The second kappa shape index (κ2) is 21.2. The summed E-state index contributed by atoms with van der Waals surface area (Å²) in [6.45, 7) is 10.7. The fourth-order valence-electron chi connectivity index (χ4n) is 1.98. The zero-order chi connectivity index (χ0) is 18.8. The number of amides is 2. The van der Waals surface area contributed by atoms with Crippen LogP contribution >= 0.6 is 0 Å². The Bertz CT molecular complexity index is 271. The Labute approximate surface area is 166 Å². The normalized spacial score (nSPS) is 9.44. The van der Waals surface area contributed by atoms with Crippen LogP contribution in [0.5, 0.6) is 0 Å². The van der Waals surface area contributed by atoms with Crippen molar-refractivity contribution in [3.63, 3.8) is 0 Å². The van der Waals surface area contributed by atoms with Gasteiger partial charge in [0.1, 0.15) is 12.2 Å². The quantitative estimate of drug-likeness (QED) is 0.463. The molecule has 0 rings (SSSR count). The Balaban J connectivity index is -0.000000372. The predicted octanol–water partition coefficient (Wildman–Crippen LogP) is 2.46. The summed E-state index contributed by atoms with van der Waals surface area (Å²) in [5.41, 5.74) is 0. The Morgan fingerprint density at radius 2 is 0.800 bits per heavy atom. The molecule has 0 atom stereocenters. The third-order valence-electron chi connectivity index (χ3n) is 3.64. The smallest absolute Gasteiger partial charge is 0.530 e. The maximum atomic E-state index is 10.5. The van der Waals surface area contributed by atoms with Crippen LogP contribution < -0.4 is 10.2 Å². The minimum absolute atomic E-state index is 0. The van der Waals surface area contributed by atoms with E-state index in [1.54, 1.807) is 0 Å². The molecule has 0 aromatic heterocycles. The third-order valence-corrected chi connectivity index (χ3v) is 3.64. The predicted molar refractivity (Wildman–Crippen MR) is 93.6 cm³/mol.